The van der Waals surface area contributed by atoms with E-state index in [0.717, 1.165) is 5.56 Å². The van der Waals surface area contributed by atoms with Gasteiger partial charge in [0.25, 0.3) is 11.5 Å². The van der Waals surface area contributed by atoms with Crippen LogP contribution in [0.4, 0.5) is 0 Å². The molecule has 2 N–H and O–H groups in total. The van der Waals surface area contributed by atoms with Gasteiger partial charge in [-0.05, 0) is 37.5 Å². The highest BCUT2D eigenvalue weighted by molar-refractivity contribution is 6.30. The van der Waals surface area contributed by atoms with E-state index in [-0.39, 0.29) is 28.9 Å². The van der Waals surface area contributed by atoms with E-state index in [1.54, 1.807) is 24.1 Å². The fourth-order valence-electron chi connectivity index (χ4n) is 3.67. The monoisotopic (exact) mass is 428 g/mol. The maximum Gasteiger partial charge on any atom is 0.276 e. The average molecular weight is 429 g/mol. The van der Waals surface area contributed by atoms with Crippen LogP contribution in [-0.2, 0) is 11.3 Å². The van der Waals surface area contributed by atoms with Gasteiger partial charge in [-0.2, -0.15) is 0 Å². The number of nitrogens with one attached hydrogen (secondary N) is 2. The smallest absolute Gasteiger partial charge is 0.276 e. The zero-order valence-corrected chi connectivity index (χ0v) is 17.1. The molecule has 30 heavy (non-hydrogen) atoms. The van der Waals surface area contributed by atoms with Gasteiger partial charge < -0.3 is 15.2 Å². The minimum atomic E-state index is -0.404. The molecule has 10 heteroatoms. The maximum absolute atomic E-state index is 12.9. The number of aryl methyl sites for hydroxylation is 1. The van der Waals surface area contributed by atoms with E-state index in [1.807, 2.05) is 18.2 Å². The highest BCUT2D eigenvalue weighted by atomic mass is 35.5. The largest absolute Gasteiger partial charge is 0.352 e. The number of nitrogens with zero attached hydrogens (tertiary/aromatic N) is 4. The Morgan fingerprint density at radius 2 is 2.07 bits per heavy atom. The summed E-state index contributed by atoms with van der Waals surface area (Å²) in [5, 5.41) is 11.4. The van der Waals surface area contributed by atoms with Gasteiger partial charge in [-0.1, -0.05) is 28.9 Å². The number of halogens is 1. The van der Waals surface area contributed by atoms with Gasteiger partial charge in [0.1, 0.15) is 0 Å². The Bertz CT molecular complexity index is 1160. The summed E-state index contributed by atoms with van der Waals surface area (Å²) in [6.45, 7) is 2.97. The molecular formula is C20H21ClN6O3. The summed E-state index contributed by atoms with van der Waals surface area (Å²) in [4.78, 5) is 41.9. The van der Waals surface area contributed by atoms with Gasteiger partial charge >= 0.3 is 0 Å². The molecule has 0 radical (unpaired) electrons. The van der Waals surface area contributed by atoms with Gasteiger partial charge in [0.05, 0.1) is 6.20 Å². The van der Waals surface area contributed by atoms with Crippen molar-refractivity contribution >= 4 is 28.9 Å². The Hall–Kier alpha value is -3.20. The lowest BCUT2D eigenvalue weighted by Gasteiger charge is -2.30. The Kier molecular flexibility index (Phi) is 5.54. The number of H-pyrrole nitrogens is 1. The van der Waals surface area contributed by atoms with E-state index in [2.05, 4.69) is 20.6 Å². The maximum atomic E-state index is 12.9. The van der Waals surface area contributed by atoms with Crippen molar-refractivity contribution in [2.45, 2.75) is 26.3 Å². The molecule has 2 aromatic heterocycles. The molecule has 0 atom stereocenters. The Morgan fingerprint density at radius 3 is 2.80 bits per heavy atom. The van der Waals surface area contributed by atoms with E-state index in [4.69, 9.17) is 11.6 Å². The standard InChI is InChI=1S/C20H21ClN6O3/c1-12-11-27-17(19(29)23-12)16(24-25-27)20(30)26-7-5-14(6-8-26)18(28)22-10-13-3-2-4-15(21)9-13/h2-4,9,11,14H,5-8,10H2,1H3,(H,22,28)(H,23,29). The average Bonchev–Trinajstić information content (AvgIpc) is 3.16. The first-order chi connectivity index (χ1) is 14.4. The van der Waals surface area contributed by atoms with E-state index >= 15 is 0 Å². The summed E-state index contributed by atoms with van der Waals surface area (Å²) in [5.41, 5.74) is 1.31. The van der Waals surface area contributed by atoms with Crippen LogP contribution < -0.4 is 10.9 Å². The molecule has 1 fully saturated rings. The van der Waals surface area contributed by atoms with Gasteiger partial charge in [-0.3, -0.25) is 14.4 Å². The summed E-state index contributed by atoms with van der Waals surface area (Å²) in [6.07, 6.45) is 2.70. The van der Waals surface area contributed by atoms with E-state index in [0.29, 0.717) is 43.2 Å². The molecule has 0 unspecified atom stereocenters. The number of hydrogen-bond donors (Lipinski definition) is 2. The highest BCUT2D eigenvalue weighted by Crippen LogP contribution is 2.20. The number of carbonyl (C=O) groups excluding carboxylic acids is 2. The summed E-state index contributed by atoms with van der Waals surface area (Å²) in [7, 11) is 0. The van der Waals surface area contributed by atoms with Gasteiger partial charge in [-0.25, -0.2) is 4.52 Å². The SMILES string of the molecule is Cc1cn2nnc(C(=O)N3CCC(C(=O)NCc4cccc(Cl)c4)CC3)c2c(=O)[nH]1. The van der Waals surface area contributed by atoms with Crippen molar-refractivity contribution in [3.8, 4) is 0 Å². The lowest BCUT2D eigenvalue weighted by atomic mass is 9.95. The number of hydrogen-bond acceptors (Lipinski definition) is 5. The Labute approximate surface area is 177 Å². The van der Waals surface area contributed by atoms with Crippen molar-refractivity contribution in [2.75, 3.05) is 13.1 Å². The van der Waals surface area contributed by atoms with Crippen LogP contribution in [0, 0.1) is 12.8 Å². The number of fused-ring (bicyclic) bond motifs is 1. The quantitative estimate of drug-likeness (QED) is 0.654. The van der Waals surface area contributed by atoms with Crippen molar-refractivity contribution < 1.29 is 9.59 Å². The highest BCUT2D eigenvalue weighted by Gasteiger charge is 2.30. The van der Waals surface area contributed by atoms with Crippen molar-refractivity contribution in [3.63, 3.8) is 0 Å². The predicted octanol–water partition coefficient (Wildman–Crippen LogP) is 1.55. The second kappa shape index (κ2) is 8.27. The number of rotatable bonds is 4. The molecule has 1 aliphatic heterocycles. The van der Waals surface area contributed by atoms with Crippen molar-refractivity contribution in [1.82, 2.24) is 30.0 Å². The number of likely N-dealkylation sites (tertiary alicyclic amines) is 1. The van der Waals surface area contributed by atoms with Crippen LogP contribution in [0.25, 0.3) is 5.52 Å². The van der Waals surface area contributed by atoms with E-state index < -0.39 is 5.56 Å². The fourth-order valence-corrected chi connectivity index (χ4v) is 3.88. The molecule has 0 bridgehead atoms. The van der Waals surface area contributed by atoms with Crippen LogP contribution in [0.1, 0.15) is 34.6 Å². The second-order valence-electron chi connectivity index (χ2n) is 7.41. The molecule has 3 aromatic rings. The molecule has 0 spiro atoms. The van der Waals surface area contributed by atoms with Crippen molar-refractivity contribution in [3.05, 3.63) is 62.8 Å². The van der Waals surface area contributed by atoms with Gasteiger partial charge in [0.15, 0.2) is 11.2 Å². The number of benzene rings is 1. The molecule has 0 saturated carbocycles. The zero-order chi connectivity index (χ0) is 21.3. The van der Waals surface area contributed by atoms with Crippen LogP contribution in [-0.4, -0.2) is 49.6 Å². The van der Waals surface area contributed by atoms with Crippen molar-refractivity contribution in [2.24, 2.45) is 5.92 Å². The van der Waals surface area contributed by atoms with E-state index in [1.165, 1.54) is 4.52 Å². The lowest BCUT2D eigenvalue weighted by Crippen LogP contribution is -2.43. The molecule has 1 aliphatic rings. The van der Waals surface area contributed by atoms with Crippen LogP contribution in [0.3, 0.4) is 0 Å². The third-order valence-electron chi connectivity index (χ3n) is 5.25. The molecule has 4 rings (SSSR count). The fraction of sp³-hybridized carbons (Fsp3) is 0.350. The number of aromatic amines is 1. The van der Waals surface area contributed by atoms with Crippen LogP contribution >= 0.6 is 11.6 Å². The van der Waals surface area contributed by atoms with Crippen molar-refractivity contribution in [1.29, 1.82) is 0 Å². The summed E-state index contributed by atoms with van der Waals surface area (Å²) >= 11 is 5.97. The molecule has 3 heterocycles. The second-order valence-corrected chi connectivity index (χ2v) is 7.85. The van der Waals surface area contributed by atoms with Gasteiger partial charge in [-0.15, -0.1) is 5.10 Å². The van der Waals surface area contributed by atoms with Crippen LogP contribution in [0.5, 0.6) is 0 Å². The molecule has 0 aliphatic carbocycles. The first kappa shape index (κ1) is 20.1. The summed E-state index contributed by atoms with van der Waals surface area (Å²) in [6, 6.07) is 7.34. The summed E-state index contributed by atoms with van der Waals surface area (Å²) < 4.78 is 1.32. The minimum Gasteiger partial charge on any atom is -0.352 e. The van der Waals surface area contributed by atoms with Gasteiger partial charge in [0, 0.05) is 36.3 Å². The lowest BCUT2D eigenvalue weighted by molar-refractivity contribution is -0.126. The third-order valence-corrected chi connectivity index (χ3v) is 5.48. The predicted molar refractivity (Wildman–Crippen MR) is 110 cm³/mol. The molecular weight excluding hydrogens is 408 g/mol. The van der Waals surface area contributed by atoms with Crippen LogP contribution in [0.15, 0.2) is 35.3 Å². The number of piperidine rings is 1. The van der Waals surface area contributed by atoms with Gasteiger partial charge in [0.2, 0.25) is 5.91 Å². The molecule has 1 aromatic carbocycles. The van der Waals surface area contributed by atoms with E-state index in [9.17, 15) is 14.4 Å². The molecule has 9 nitrogen and oxygen atoms in total. The topological polar surface area (TPSA) is 112 Å². The minimum absolute atomic E-state index is 0.0279. The first-order valence-corrected chi connectivity index (χ1v) is 10.1. The number of amides is 2. The third kappa shape index (κ3) is 4.06. The Balaban J connectivity index is 1.37. The first-order valence-electron chi connectivity index (χ1n) is 9.69. The Morgan fingerprint density at radius 1 is 1.30 bits per heavy atom. The number of aromatic nitrogens is 4. The van der Waals surface area contributed by atoms with Crippen LogP contribution in [0.2, 0.25) is 5.02 Å². The zero-order valence-electron chi connectivity index (χ0n) is 16.4. The summed E-state index contributed by atoms with van der Waals surface area (Å²) in [5.74, 6) is -0.559. The number of carbonyl (C=O) groups is 2. The molecule has 1 saturated heterocycles. The molecule has 156 valence electrons. The normalized spacial score (nSPS) is 14.8. The molecule has 2 amide bonds.